The van der Waals surface area contributed by atoms with Crippen LogP contribution in [0, 0.1) is 0 Å². The Balaban J connectivity index is 1.62. The zero-order valence-electron chi connectivity index (χ0n) is 17.5. The number of ether oxygens (including phenoxy) is 2. The van der Waals surface area contributed by atoms with Crippen molar-refractivity contribution in [2.24, 2.45) is 0 Å². The van der Waals surface area contributed by atoms with Crippen molar-refractivity contribution in [1.82, 2.24) is 14.7 Å². The van der Waals surface area contributed by atoms with Crippen LogP contribution in [0.2, 0.25) is 0 Å². The molecule has 0 aliphatic carbocycles. The summed E-state index contributed by atoms with van der Waals surface area (Å²) in [5, 5.41) is 4.49. The second-order valence-electron chi connectivity index (χ2n) is 6.83. The van der Waals surface area contributed by atoms with Gasteiger partial charge >= 0.3 is 0 Å². The topological polar surface area (TPSA) is 56.6 Å². The standard InChI is InChI=1S/C23H26BrN3O3/c1-4-27-14-21(24)22(25-27)15-26(3)23(28)18-8-6-7-17(13-18)16-30-20-11-9-19(10-12-20)29-5-2/h6-14H,4-5,15-16H2,1-3H3. The van der Waals surface area contributed by atoms with Crippen molar-refractivity contribution in [2.75, 3.05) is 13.7 Å². The Kier molecular flexibility index (Phi) is 7.52. The molecule has 3 rings (SSSR count). The number of halogens is 1. The summed E-state index contributed by atoms with van der Waals surface area (Å²) in [6, 6.07) is 15.0. The Morgan fingerprint density at radius 2 is 1.80 bits per heavy atom. The maximum absolute atomic E-state index is 12.9. The van der Waals surface area contributed by atoms with E-state index >= 15 is 0 Å². The molecule has 1 heterocycles. The normalized spacial score (nSPS) is 10.7. The highest BCUT2D eigenvalue weighted by Crippen LogP contribution is 2.20. The van der Waals surface area contributed by atoms with Crippen LogP contribution in [0.3, 0.4) is 0 Å². The number of carbonyl (C=O) groups is 1. The van der Waals surface area contributed by atoms with Gasteiger partial charge in [-0.2, -0.15) is 5.10 Å². The van der Waals surface area contributed by atoms with Gasteiger partial charge in [-0.05, 0) is 71.7 Å². The summed E-state index contributed by atoms with van der Waals surface area (Å²) in [5.41, 5.74) is 2.39. The van der Waals surface area contributed by atoms with Crippen LogP contribution in [0.15, 0.2) is 59.2 Å². The summed E-state index contributed by atoms with van der Waals surface area (Å²) in [6.45, 7) is 6.20. The molecule has 0 bridgehead atoms. The fourth-order valence-corrected chi connectivity index (χ4v) is 3.42. The van der Waals surface area contributed by atoms with E-state index in [-0.39, 0.29) is 5.91 Å². The van der Waals surface area contributed by atoms with Gasteiger partial charge in [0.1, 0.15) is 18.1 Å². The molecule has 0 atom stereocenters. The Morgan fingerprint density at radius 3 is 2.43 bits per heavy atom. The van der Waals surface area contributed by atoms with E-state index in [1.165, 1.54) is 0 Å². The van der Waals surface area contributed by atoms with Crippen molar-refractivity contribution in [3.63, 3.8) is 0 Å². The van der Waals surface area contributed by atoms with Crippen LogP contribution in [-0.4, -0.2) is 34.2 Å². The lowest BCUT2D eigenvalue weighted by molar-refractivity contribution is 0.0782. The van der Waals surface area contributed by atoms with Crippen LogP contribution >= 0.6 is 15.9 Å². The van der Waals surface area contributed by atoms with E-state index in [2.05, 4.69) is 21.0 Å². The van der Waals surface area contributed by atoms with E-state index in [0.29, 0.717) is 25.3 Å². The van der Waals surface area contributed by atoms with Gasteiger partial charge in [0, 0.05) is 25.4 Å². The van der Waals surface area contributed by atoms with Crippen LogP contribution in [0.25, 0.3) is 0 Å². The highest BCUT2D eigenvalue weighted by atomic mass is 79.9. The Bertz CT molecular complexity index is 986. The number of hydrogen-bond donors (Lipinski definition) is 0. The highest BCUT2D eigenvalue weighted by Gasteiger charge is 2.16. The van der Waals surface area contributed by atoms with Crippen molar-refractivity contribution < 1.29 is 14.3 Å². The number of nitrogens with zero attached hydrogens (tertiary/aromatic N) is 3. The third-order valence-electron chi connectivity index (χ3n) is 4.56. The molecule has 0 spiro atoms. The Hall–Kier alpha value is -2.80. The molecule has 1 amide bonds. The minimum atomic E-state index is -0.0594. The predicted octanol–water partition coefficient (Wildman–Crippen LogP) is 4.92. The summed E-state index contributed by atoms with van der Waals surface area (Å²) in [5.74, 6) is 1.51. The molecule has 0 aliphatic heterocycles. The lowest BCUT2D eigenvalue weighted by Crippen LogP contribution is -2.26. The summed E-state index contributed by atoms with van der Waals surface area (Å²) >= 11 is 3.51. The zero-order valence-corrected chi connectivity index (χ0v) is 19.1. The van der Waals surface area contributed by atoms with Crippen LogP contribution in [0.1, 0.15) is 35.5 Å². The van der Waals surface area contributed by atoms with E-state index < -0.39 is 0 Å². The molecule has 1 aromatic heterocycles. The van der Waals surface area contributed by atoms with E-state index in [1.807, 2.05) is 73.3 Å². The molecule has 0 N–H and O–H groups in total. The van der Waals surface area contributed by atoms with Gasteiger partial charge in [0.05, 0.1) is 23.3 Å². The predicted molar refractivity (Wildman–Crippen MR) is 120 cm³/mol. The van der Waals surface area contributed by atoms with Gasteiger partial charge < -0.3 is 14.4 Å². The monoisotopic (exact) mass is 471 g/mol. The van der Waals surface area contributed by atoms with Crippen LogP contribution < -0.4 is 9.47 Å². The zero-order chi connectivity index (χ0) is 21.5. The Morgan fingerprint density at radius 1 is 1.10 bits per heavy atom. The summed E-state index contributed by atoms with van der Waals surface area (Å²) in [6.07, 6.45) is 1.92. The number of amides is 1. The third kappa shape index (κ3) is 5.63. The SMILES string of the molecule is CCOc1ccc(OCc2cccc(C(=O)N(C)Cc3nn(CC)cc3Br)c2)cc1. The maximum atomic E-state index is 12.9. The number of carbonyl (C=O) groups excluding carboxylic acids is 1. The molecule has 0 fully saturated rings. The van der Waals surface area contributed by atoms with Crippen LogP contribution in [0.5, 0.6) is 11.5 Å². The molecule has 30 heavy (non-hydrogen) atoms. The molecule has 0 aliphatic rings. The second-order valence-corrected chi connectivity index (χ2v) is 7.69. The number of aryl methyl sites for hydroxylation is 1. The summed E-state index contributed by atoms with van der Waals surface area (Å²) < 4.78 is 14.0. The van der Waals surface area contributed by atoms with E-state index in [9.17, 15) is 4.79 Å². The summed E-state index contributed by atoms with van der Waals surface area (Å²) in [4.78, 5) is 14.5. The van der Waals surface area contributed by atoms with Crippen molar-refractivity contribution >= 4 is 21.8 Å². The van der Waals surface area contributed by atoms with Crippen LogP contribution in [0.4, 0.5) is 0 Å². The molecule has 0 saturated carbocycles. The first kappa shape index (κ1) is 21.9. The van der Waals surface area contributed by atoms with E-state index in [4.69, 9.17) is 9.47 Å². The van der Waals surface area contributed by atoms with Gasteiger partial charge in [0.2, 0.25) is 0 Å². The van der Waals surface area contributed by atoms with E-state index in [1.54, 1.807) is 11.9 Å². The third-order valence-corrected chi connectivity index (χ3v) is 5.22. The summed E-state index contributed by atoms with van der Waals surface area (Å²) in [7, 11) is 1.78. The van der Waals surface area contributed by atoms with Crippen molar-refractivity contribution in [3.05, 3.63) is 76.0 Å². The first-order valence-electron chi connectivity index (χ1n) is 9.92. The van der Waals surface area contributed by atoms with Gasteiger partial charge in [-0.3, -0.25) is 9.48 Å². The molecule has 6 nitrogen and oxygen atoms in total. The highest BCUT2D eigenvalue weighted by molar-refractivity contribution is 9.10. The average molecular weight is 472 g/mol. The molecule has 2 aromatic carbocycles. The van der Waals surface area contributed by atoms with Gasteiger partial charge in [-0.25, -0.2) is 0 Å². The second kappa shape index (κ2) is 10.3. The molecule has 0 unspecified atom stereocenters. The lowest BCUT2D eigenvalue weighted by atomic mass is 10.1. The number of hydrogen-bond acceptors (Lipinski definition) is 4. The minimum Gasteiger partial charge on any atom is -0.494 e. The maximum Gasteiger partial charge on any atom is 0.253 e. The van der Waals surface area contributed by atoms with Gasteiger partial charge in [-0.1, -0.05) is 12.1 Å². The molecule has 158 valence electrons. The molecule has 0 saturated heterocycles. The molecule has 3 aromatic rings. The number of benzene rings is 2. The number of rotatable bonds is 9. The Labute approximate surface area is 185 Å². The van der Waals surface area contributed by atoms with Gasteiger partial charge in [0.15, 0.2) is 0 Å². The first-order chi connectivity index (χ1) is 14.5. The van der Waals surface area contributed by atoms with Crippen LogP contribution in [-0.2, 0) is 19.7 Å². The molecule has 0 radical (unpaired) electrons. The van der Waals surface area contributed by atoms with E-state index in [0.717, 1.165) is 33.8 Å². The van der Waals surface area contributed by atoms with Gasteiger partial charge in [-0.15, -0.1) is 0 Å². The first-order valence-corrected chi connectivity index (χ1v) is 10.7. The van der Waals surface area contributed by atoms with Crippen molar-refractivity contribution in [2.45, 2.75) is 33.5 Å². The average Bonchev–Trinajstić information content (AvgIpc) is 3.12. The van der Waals surface area contributed by atoms with Crippen molar-refractivity contribution in [1.29, 1.82) is 0 Å². The van der Waals surface area contributed by atoms with Crippen molar-refractivity contribution in [3.8, 4) is 11.5 Å². The molecular formula is C23H26BrN3O3. The smallest absolute Gasteiger partial charge is 0.253 e. The number of aromatic nitrogens is 2. The molecular weight excluding hydrogens is 446 g/mol. The molecule has 7 heteroatoms. The van der Waals surface area contributed by atoms with Gasteiger partial charge in [0.25, 0.3) is 5.91 Å². The largest absolute Gasteiger partial charge is 0.494 e. The lowest BCUT2D eigenvalue weighted by Gasteiger charge is -2.17. The minimum absolute atomic E-state index is 0.0594. The fourth-order valence-electron chi connectivity index (χ4n) is 2.98. The fraction of sp³-hybridized carbons (Fsp3) is 0.304. The quantitative estimate of drug-likeness (QED) is 0.444.